The van der Waals surface area contributed by atoms with E-state index < -0.39 is 10.8 Å². The fourth-order valence-electron chi connectivity index (χ4n) is 4.96. The second kappa shape index (κ2) is 9.74. The molecule has 2 amide bonds. The van der Waals surface area contributed by atoms with Crippen molar-refractivity contribution in [2.45, 2.75) is 54.5 Å². The fourth-order valence-corrected chi connectivity index (χ4v) is 6.31. The highest BCUT2D eigenvalue weighted by Crippen LogP contribution is 2.36. The number of hydrogen-bond acceptors (Lipinski definition) is 3. The van der Waals surface area contributed by atoms with Crippen molar-refractivity contribution in [2.75, 3.05) is 11.9 Å². The number of rotatable bonds is 4. The Balaban J connectivity index is 1.58. The molecule has 0 N–H and O–H groups in total. The van der Waals surface area contributed by atoms with Gasteiger partial charge in [0, 0.05) is 18.7 Å². The molecule has 1 heterocycles. The first-order chi connectivity index (χ1) is 16.9. The van der Waals surface area contributed by atoms with E-state index in [2.05, 4.69) is 0 Å². The number of benzene rings is 3. The normalized spacial score (nSPS) is 17.9. The number of nitrogens with zero attached hydrogens (tertiary/aromatic N) is 2. The Labute approximate surface area is 207 Å². The van der Waals surface area contributed by atoms with Crippen LogP contribution in [0.25, 0.3) is 0 Å². The highest BCUT2D eigenvalue weighted by atomic mass is 32.2. The lowest BCUT2D eigenvalue weighted by Crippen LogP contribution is -2.38. The van der Waals surface area contributed by atoms with Crippen molar-refractivity contribution in [3.05, 3.63) is 89.2 Å². The summed E-state index contributed by atoms with van der Waals surface area (Å²) in [6, 6.07) is 18.1. The molecular formula is C28H27FN2O3S. The van der Waals surface area contributed by atoms with Crippen molar-refractivity contribution in [2.24, 2.45) is 0 Å². The van der Waals surface area contributed by atoms with Gasteiger partial charge in [0.1, 0.15) is 5.82 Å². The fraction of sp³-hybridized carbons (Fsp3) is 0.286. The maximum Gasteiger partial charge on any atom is 0.259 e. The van der Waals surface area contributed by atoms with Crippen molar-refractivity contribution >= 4 is 28.3 Å². The van der Waals surface area contributed by atoms with Gasteiger partial charge in [-0.2, -0.15) is 0 Å². The minimum Gasteiger partial charge on any atom is -0.339 e. The van der Waals surface area contributed by atoms with Gasteiger partial charge in [-0.15, -0.1) is 0 Å². The van der Waals surface area contributed by atoms with E-state index in [4.69, 9.17) is 0 Å². The van der Waals surface area contributed by atoms with Crippen LogP contribution in [0.4, 0.5) is 10.1 Å². The smallest absolute Gasteiger partial charge is 0.259 e. The summed E-state index contributed by atoms with van der Waals surface area (Å²) in [5.41, 5.74) is 1.98. The Morgan fingerprint density at radius 3 is 2.46 bits per heavy atom. The number of halogens is 1. The Bertz CT molecular complexity index is 1300. The molecular weight excluding hydrogens is 463 g/mol. The molecule has 0 unspecified atom stereocenters. The van der Waals surface area contributed by atoms with Gasteiger partial charge >= 0.3 is 0 Å². The van der Waals surface area contributed by atoms with Gasteiger partial charge < -0.3 is 9.80 Å². The summed E-state index contributed by atoms with van der Waals surface area (Å²) in [4.78, 5) is 31.4. The molecule has 2 aliphatic rings. The molecule has 1 aliphatic carbocycles. The average molecular weight is 491 g/mol. The van der Waals surface area contributed by atoms with Gasteiger partial charge in [0.25, 0.3) is 11.8 Å². The first-order valence-electron chi connectivity index (χ1n) is 11.9. The maximum absolute atomic E-state index is 13.7. The van der Waals surface area contributed by atoms with E-state index in [0.717, 1.165) is 31.2 Å². The molecule has 35 heavy (non-hydrogen) atoms. The Kier molecular flexibility index (Phi) is 6.52. The van der Waals surface area contributed by atoms with Crippen molar-refractivity contribution in [3.8, 4) is 0 Å². The zero-order valence-corrected chi connectivity index (χ0v) is 20.4. The molecule has 0 saturated heterocycles. The molecule has 1 aliphatic heterocycles. The maximum atomic E-state index is 13.7. The molecule has 0 spiro atoms. The third-order valence-electron chi connectivity index (χ3n) is 6.96. The molecule has 3 aromatic rings. The van der Waals surface area contributed by atoms with Crippen LogP contribution in [0, 0.1) is 5.82 Å². The quantitative estimate of drug-likeness (QED) is 0.481. The average Bonchev–Trinajstić information content (AvgIpc) is 2.99. The van der Waals surface area contributed by atoms with E-state index in [9.17, 15) is 18.2 Å². The Hall–Kier alpha value is -3.32. The second-order valence-corrected chi connectivity index (χ2v) is 10.6. The van der Waals surface area contributed by atoms with Gasteiger partial charge in [0.2, 0.25) is 0 Å². The lowest BCUT2D eigenvalue weighted by Gasteiger charge is -2.31. The zero-order valence-electron chi connectivity index (χ0n) is 19.6. The standard InChI is InChI=1S/C28H27FN2O3S/c1-30(22-7-3-2-4-8-22)27(32)20-13-16-26-24(17-20)31(18-19-11-14-21(29)15-12-19)28(33)23-9-5-6-10-25(23)35(26)34/h5-6,9-17,22H,2-4,7-8,18H2,1H3/t35-/m1/s1. The monoisotopic (exact) mass is 490 g/mol. The number of fused-ring (bicyclic) bond motifs is 2. The van der Waals surface area contributed by atoms with Gasteiger partial charge in [-0.3, -0.25) is 9.59 Å². The zero-order chi connectivity index (χ0) is 24.5. The van der Waals surface area contributed by atoms with Crippen LogP contribution in [0.1, 0.15) is 58.4 Å². The third-order valence-corrected chi connectivity index (χ3v) is 8.46. The lowest BCUT2D eigenvalue weighted by atomic mass is 9.94. The van der Waals surface area contributed by atoms with Gasteiger partial charge in [0.05, 0.1) is 38.4 Å². The molecule has 5 rings (SSSR count). The predicted molar refractivity (Wildman–Crippen MR) is 133 cm³/mol. The van der Waals surface area contributed by atoms with Crippen LogP contribution in [0.2, 0.25) is 0 Å². The molecule has 180 valence electrons. The number of anilines is 1. The molecule has 1 atom stereocenters. The first-order valence-corrected chi connectivity index (χ1v) is 13.1. The summed E-state index contributed by atoms with van der Waals surface area (Å²) < 4.78 is 27.1. The first kappa shape index (κ1) is 23.4. The molecule has 1 saturated carbocycles. The van der Waals surface area contributed by atoms with Crippen molar-refractivity contribution < 1.29 is 18.2 Å². The molecule has 0 radical (unpaired) electrons. The lowest BCUT2D eigenvalue weighted by molar-refractivity contribution is 0.0696. The van der Waals surface area contributed by atoms with E-state index in [1.807, 2.05) is 7.05 Å². The SMILES string of the molecule is CN(C(=O)c1ccc2c(c1)N(Cc1ccc(F)cc1)C(=O)c1ccccc1[S@]2=O)C1CCCCC1. The third kappa shape index (κ3) is 4.52. The van der Waals surface area contributed by atoms with Gasteiger partial charge in [-0.25, -0.2) is 8.60 Å². The number of amides is 2. The molecule has 5 nitrogen and oxygen atoms in total. The highest BCUT2D eigenvalue weighted by Gasteiger charge is 2.32. The van der Waals surface area contributed by atoms with Crippen LogP contribution in [0.3, 0.4) is 0 Å². The van der Waals surface area contributed by atoms with Crippen LogP contribution < -0.4 is 4.90 Å². The highest BCUT2D eigenvalue weighted by molar-refractivity contribution is 7.85. The summed E-state index contributed by atoms with van der Waals surface area (Å²) in [6.45, 7) is 0.160. The van der Waals surface area contributed by atoms with Gasteiger partial charge in [0.15, 0.2) is 0 Å². The van der Waals surface area contributed by atoms with Crippen molar-refractivity contribution in [1.82, 2.24) is 4.90 Å². The molecule has 1 fully saturated rings. The van der Waals surface area contributed by atoms with E-state index in [1.54, 1.807) is 64.4 Å². The van der Waals surface area contributed by atoms with Crippen molar-refractivity contribution in [3.63, 3.8) is 0 Å². The molecule has 7 heteroatoms. The Morgan fingerprint density at radius 1 is 1.00 bits per heavy atom. The minimum absolute atomic E-state index is 0.110. The molecule has 0 bridgehead atoms. The van der Waals surface area contributed by atoms with Crippen LogP contribution >= 0.6 is 0 Å². The van der Waals surface area contributed by atoms with E-state index >= 15 is 0 Å². The summed E-state index contributed by atoms with van der Waals surface area (Å²) in [6.07, 6.45) is 5.40. The largest absolute Gasteiger partial charge is 0.339 e. The summed E-state index contributed by atoms with van der Waals surface area (Å²) in [5, 5.41) is 0. The van der Waals surface area contributed by atoms with Gasteiger partial charge in [-0.05, 0) is 60.9 Å². The van der Waals surface area contributed by atoms with Crippen LogP contribution in [0.5, 0.6) is 0 Å². The summed E-state index contributed by atoms with van der Waals surface area (Å²) >= 11 is 0. The van der Waals surface area contributed by atoms with E-state index in [1.165, 1.54) is 18.6 Å². The van der Waals surface area contributed by atoms with E-state index in [0.29, 0.717) is 26.6 Å². The number of carbonyl (C=O) groups excluding carboxylic acids is 2. The second-order valence-electron chi connectivity index (χ2n) is 9.17. The van der Waals surface area contributed by atoms with E-state index in [-0.39, 0.29) is 30.2 Å². The van der Waals surface area contributed by atoms with Crippen LogP contribution in [-0.4, -0.2) is 34.0 Å². The number of hydrogen-bond donors (Lipinski definition) is 0. The molecule has 0 aromatic heterocycles. The predicted octanol–water partition coefficient (Wildman–Crippen LogP) is 5.56. The van der Waals surface area contributed by atoms with Crippen LogP contribution in [-0.2, 0) is 17.3 Å². The minimum atomic E-state index is -1.59. The van der Waals surface area contributed by atoms with Gasteiger partial charge in [-0.1, -0.05) is 43.5 Å². The number of carbonyl (C=O) groups is 2. The van der Waals surface area contributed by atoms with Crippen molar-refractivity contribution in [1.29, 1.82) is 0 Å². The topological polar surface area (TPSA) is 57.7 Å². The molecule has 3 aromatic carbocycles. The Morgan fingerprint density at radius 2 is 1.71 bits per heavy atom. The summed E-state index contributed by atoms with van der Waals surface area (Å²) in [5.74, 6) is -0.773. The summed E-state index contributed by atoms with van der Waals surface area (Å²) in [7, 11) is 0.238. The van der Waals surface area contributed by atoms with Crippen LogP contribution in [0.15, 0.2) is 76.5 Å².